The lowest BCUT2D eigenvalue weighted by molar-refractivity contribution is -0.182. The molecule has 0 aliphatic carbocycles. The largest absolute Gasteiger partial charge is 0.393 e. The first kappa shape index (κ1) is 16.1. The first-order valence-corrected chi connectivity index (χ1v) is 6.46. The molecule has 0 saturated carbocycles. The quantitative estimate of drug-likeness (QED) is 0.688. The van der Waals surface area contributed by atoms with Gasteiger partial charge in [-0.05, 0) is 46.7 Å². The second kappa shape index (κ2) is 5.98. The van der Waals surface area contributed by atoms with Gasteiger partial charge in [-0.25, -0.2) is 4.79 Å². The lowest BCUT2D eigenvalue weighted by Gasteiger charge is -2.29. The molecule has 0 radical (unpaired) electrons. The van der Waals surface area contributed by atoms with Gasteiger partial charge in [0.1, 0.15) is 0 Å². The second-order valence-electron chi connectivity index (χ2n) is 5.93. The van der Waals surface area contributed by atoms with Gasteiger partial charge in [-0.3, -0.25) is 0 Å². The Morgan fingerprint density at radius 3 is 2.26 bits per heavy atom. The first-order chi connectivity index (χ1) is 8.59. The second-order valence-corrected chi connectivity index (χ2v) is 5.93. The molecule has 0 aromatic rings. The van der Waals surface area contributed by atoms with Crippen molar-refractivity contribution in [1.29, 1.82) is 0 Å². The third-order valence-electron chi connectivity index (χ3n) is 2.98. The molecule has 4 nitrogen and oxygen atoms in total. The molecule has 112 valence electrons. The standard InChI is InChI=1S/C12H22F3N3O/c1-11(2,3)18-10(19)17-9-5-7-16-6-4-8(9)12(13,14)15/h8-9,16H,4-7H2,1-3H3,(H2,17,18,19). The highest BCUT2D eigenvalue weighted by atomic mass is 19.4. The fourth-order valence-electron chi connectivity index (χ4n) is 2.15. The maximum atomic E-state index is 13.0. The van der Waals surface area contributed by atoms with Gasteiger partial charge in [0.05, 0.1) is 5.92 Å². The van der Waals surface area contributed by atoms with Crippen molar-refractivity contribution in [2.45, 2.75) is 51.4 Å². The molecule has 1 aliphatic heterocycles. The zero-order chi connectivity index (χ0) is 14.7. The molecule has 7 heteroatoms. The average molecular weight is 281 g/mol. The van der Waals surface area contributed by atoms with Crippen LogP contribution >= 0.6 is 0 Å². The zero-order valence-electron chi connectivity index (χ0n) is 11.5. The highest BCUT2D eigenvalue weighted by Gasteiger charge is 2.45. The van der Waals surface area contributed by atoms with E-state index in [9.17, 15) is 18.0 Å². The predicted molar refractivity (Wildman–Crippen MR) is 66.9 cm³/mol. The minimum Gasteiger partial charge on any atom is -0.335 e. The topological polar surface area (TPSA) is 53.2 Å². The summed E-state index contributed by atoms with van der Waals surface area (Å²) in [5, 5.41) is 8.01. The molecule has 3 N–H and O–H groups in total. The third-order valence-corrected chi connectivity index (χ3v) is 2.98. The number of hydrogen-bond acceptors (Lipinski definition) is 2. The van der Waals surface area contributed by atoms with E-state index in [1.54, 1.807) is 20.8 Å². The molecular formula is C12H22F3N3O. The first-order valence-electron chi connectivity index (χ1n) is 6.46. The molecule has 1 heterocycles. The lowest BCUT2D eigenvalue weighted by atomic mass is 9.94. The Hall–Kier alpha value is -0.980. The molecule has 1 aliphatic rings. The van der Waals surface area contributed by atoms with E-state index in [0.717, 1.165) is 0 Å². The van der Waals surface area contributed by atoms with Gasteiger partial charge in [0.25, 0.3) is 0 Å². The minimum absolute atomic E-state index is 0.00996. The van der Waals surface area contributed by atoms with Crippen molar-refractivity contribution in [2.24, 2.45) is 5.92 Å². The van der Waals surface area contributed by atoms with Gasteiger partial charge in [0.2, 0.25) is 0 Å². The van der Waals surface area contributed by atoms with Gasteiger partial charge in [-0.2, -0.15) is 13.2 Å². The molecule has 2 unspecified atom stereocenters. The number of alkyl halides is 3. The Kier molecular flexibility index (Phi) is 5.06. The number of carbonyl (C=O) groups excluding carboxylic acids is 1. The molecule has 2 atom stereocenters. The van der Waals surface area contributed by atoms with E-state index in [0.29, 0.717) is 13.1 Å². The fraction of sp³-hybridized carbons (Fsp3) is 0.917. The van der Waals surface area contributed by atoms with Crippen molar-refractivity contribution >= 4 is 6.03 Å². The molecule has 0 bridgehead atoms. The number of carbonyl (C=O) groups is 1. The van der Waals surface area contributed by atoms with Crippen molar-refractivity contribution in [3.63, 3.8) is 0 Å². The van der Waals surface area contributed by atoms with Gasteiger partial charge < -0.3 is 16.0 Å². The number of hydrogen-bond donors (Lipinski definition) is 3. The summed E-state index contributed by atoms with van der Waals surface area (Å²) in [6, 6.07) is -1.43. The number of amides is 2. The maximum Gasteiger partial charge on any atom is 0.393 e. The summed E-state index contributed by atoms with van der Waals surface area (Å²) in [4.78, 5) is 11.7. The van der Waals surface area contributed by atoms with Crippen molar-refractivity contribution in [1.82, 2.24) is 16.0 Å². The number of nitrogens with one attached hydrogen (secondary N) is 3. The van der Waals surface area contributed by atoms with Crippen molar-refractivity contribution in [2.75, 3.05) is 13.1 Å². The summed E-state index contributed by atoms with van der Waals surface area (Å²) in [5.74, 6) is -1.49. The number of halogens is 3. The lowest BCUT2D eigenvalue weighted by Crippen LogP contribution is -2.53. The van der Waals surface area contributed by atoms with E-state index in [1.165, 1.54) is 0 Å². The Balaban J connectivity index is 2.68. The summed E-state index contributed by atoms with van der Waals surface area (Å²) in [7, 11) is 0. The van der Waals surface area contributed by atoms with Crippen LogP contribution in [0.5, 0.6) is 0 Å². The van der Waals surface area contributed by atoms with Crippen LogP contribution in [0.15, 0.2) is 0 Å². The van der Waals surface area contributed by atoms with Gasteiger partial charge >= 0.3 is 12.2 Å². The molecule has 0 spiro atoms. The smallest absolute Gasteiger partial charge is 0.335 e. The van der Waals surface area contributed by atoms with Crippen LogP contribution in [0.4, 0.5) is 18.0 Å². The van der Waals surface area contributed by atoms with Gasteiger partial charge in [0, 0.05) is 11.6 Å². The van der Waals surface area contributed by atoms with Crippen LogP contribution < -0.4 is 16.0 Å². The summed E-state index contributed by atoms with van der Waals surface area (Å²) in [5.41, 5.74) is -0.471. The van der Waals surface area contributed by atoms with Crippen LogP contribution in [0, 0.1) is 5.92 Å². The molecule has 0 aromatic heterocycles. The van der Waals surface area contributed by atoms with Crippen LogP contribution in [-0.2, 0) is 0 Å². The van der Waals surface area contributed by atoms with E-state index < -0.39 is 29.7 Å². The van der Waals surface area contributed by atoms with Gasteiger partial charge in [0.15, 0.2) is 0 Å². The van der Waals surface area contributed by atoms with Crippen molar-refractivity contribution < 1.29 is 18.0 Å². The molecular weight excluding hydrogens is 259 g/mol. The van der Waals surface area contributed by atoms with Gasteiger partial charge in [-0.15, -0.1) is 0 Å². The number of urea groups is 1. The summed E-state index contributed by atoms with van der Waals surface area (Å²) >= 11 is 0. The molecule has 1 rings (SSSR count). The van der Waals surface area contributed by atoms with Crippen LogP contribution in [0.3, 0.4) is 0 Å². The zero-order valence-corrected chi connectivity index (χ0v) is 11.5. The molecule has 1 saturated heterocycles. The average Bonchev–Trinajstić information content (AvgIpc) is 2.38. The Bertz CT molecular complexity index is 312. The van der Waals surface area contributed by atoms with Crippen LogP contribution in [0.25, 0.3) is 0 Å². The highest BCUT2D eigenvalue weighted by Crippen LogP contribution is 2.33. The molecule has 0 aromatic carbocycles. The van der Waals surface area contributed by atoms with Crippen molar-refractivity contribution in [3.8, 4) is 0 Å². The third kappa shape index (κ3) is 5.67. The Morgan fingerprint density at radius 1 is 1.16 bits per heavy atom. The highest BCUT2D eigenvalue weighted by molar-refractivity contribution is 5.75. The SMILES string of the molecule is CC(C)(C)NC(=O)NC1CCNCCC1C(F)(F)F. The summed E-state index contributed by atoms with van der Waals surface area (Å²) in [6.45, 7) is 6.14. The number of rotatable bonds is 1. The molecule has 1 fully saturated rings. The fourth-order valence-corrected chi connectivity index (χ4v) is 2.15. The van der Waals surface area contributed by atoms with Crippen LogP contribution in [-0.4, -0.2) is 36.9 Å². The summed E-state index contributed by atoms with van der Waals surface area (Å²) < 4.78 is 38.9. The van der Waals surface area contributed by atoms with E-state index in [2.05, 4.69) is 16.0 Å². The normalized spacial score (nSPS) is 25.6. The van der Waals surface area contributed by atoms with Crippen LogP contribution in [0.1, 0.15) is 33.6 Å². The summed E-state index contributed by atoms with van der Waals surface area (Å²) in [6.07, 6.45) is -4.02. The Labute approximate surface area is 111 Å². The monoisotopic (exact) mass is 281 g/mol. The predicted octanol–water partition coefficient (Wildman–Crippen LogP) is 2.01. The van der Waals surface area contributed by atoms with E-state index in [1.807, 2.05) is 0 Å². The minimum atomic E-state index is -4.29. The van der Waals surface area contributed by atoms with E-state index in [4.69, 9.17) is 0 Å². The maximum absolute atomic E-state index is 13.0. The van der Waals surface area contributed by atoms with Crippen LogP contribution in [0.2, 0.25) is 0 Å². The van der Waals surface area contributed by atoms with E-state index in [-0.39, 0.29) is 12.8 Å². The Morgan fingerprint density at radius 2 is 1.74 bits per heavy atom. The van der Waals surface area contributed by atoms with Crippen molar-refractivity contribution in [3.05, 3.63) is 0 Å². The molecule has 2 amide bonds. The van der Waals surface area contributed by atoms with Gasteiger partial charge in [-0.1, -0.05) is 0 Å². The van der Waals surface area contributed by atoms with E-state index >= 15 is 0 Å². The molecule has 19 heavy (non-hydrogen) atoms.